The zero-order valence-electron chi connectivity index (χ0n) is 10.9. The second-order valence-corrected chi connectivity index (χ2v) is 4.27. The number of aryl methyl sites for hydroxylation is 1. The summed E-state index contributed by atoms with van der Waals surface area (Å²) < 4.78 is 5.14. The molecule has 0 saturated carbocycles. The molecule has 0 heterocycles. The van der Waals surface area contributed by atoms with Gasteiger partial charge in [0.1, 0.15) is 0 Å². The molecule has 1 aromatic carbocycles. The van der Waals surface area contributed by atoms with Crippen molar-refractivity contribution in [3.05, 3.63) is 29.3 Å². The summed E-state index contributed by atoms with van der Waals surface area (Å²) in [6.45, 7) is 4.35. The maximum atomic E-state index is 12.2. The van der Waals surface area contributed by atoms with Gasteiger partial charge in [0, 0.05) is 26.4 Å². The summed E-state index contributed by atoms with van der Waals surface area (Å²) in [4.78, 5) is 13.9. The number of hydrogen-bond donors (Lipinski definition) is 1. The number of hydrogen-bond acceptors (Lipinski definition) is 3. The second kappa shape index (κ2) is 5.68. The summed E-state index contributed by atoms with van der Waals surface area (Å²) in [7, 11) is 3.38. The fourth-order valence-corrected chi connectivity index (χ4v) is 1.72. The molecule has 0 aromatic heterocycles. The Balaban J connectivity index is 2.89. The van der Waals surface area contributed by atoms with Crippen LogP contribution in [0.5, 0.6) is 0 Å². The molecule has 0 aliphatic carbocycles. The van der Waals surface area contributed by atoms with Crippen LogP contribution in [0.3, 0.4) is 0 Å². The van der Waals surface area contributed by atoms with Gasteiger partial charge in [0.2, 0.25) is 0 Å². The average Bonchev–Trinajstić information content (AvgIpc) is 2.28. The van der Waals surface area contributed by atoms with Gasteiger partial charge in [-0.05, 0) is 25.5 Å². The van der Waals surface area contributed by atoms with Crippen molar-refractivity contribution in [2.24, 2.45) is 0 Å². The van der Waals surface area contributed by atoms with Gasteiger partial charge >= 0.3 is 0 Å². The number of carbonyl (C=O) groups excluding carboxylic acids is 1. The molecule has 4 heteroatoms. The van der Waals surface area contributed by atoms with Crippen molar-refractivity contribution >= 4 is 11.6 Å². The Morgan fingerprint density at radius 3 is 2.71 bits per heavy atom. The third-order valence-electron chi connectivity index (χ3n) is 2.80. The van der Waals surface area contributed by atoms with Gasteiger partial charge < -0.3 is 15.4 Å². The topological polar surface area (TPSA) is 55.6 Å². The van der Waals surface area contributed by atoms with Gasteiger partial charge in [-0.2, -0.15) is 0 Å². The van der Waals surface area contributed by atoms with Crippen molar-refractivity contribution in [3.8, 4) is 0 Å². The number of likely N-dealkylation sites (N-methyl/N-ethyl adjacent to an activating group) is 1. The molecule has 94 valence electrons. The van der Waals surface area contributed by atoms with Crippen LogP contribution in [-0.2, 0) is 4.74 Å². The van der Waals surface area contributed by atoms with Crippen LogP contribution in [0.15, 0.2) is 18.2 Å². The first kappa shape index (κ1) is 13.5. The SMILES string of the molecule is COC(C)CN(C)C(=O)c1c(C)cccc1N. The van der Waals surface area contributed by atoms with E-state index < -0.39 is 0 Å². The van der Waals surface area contributed by atoms with E-state index in [9.17, 15) is 4.79 Å². The van der Waals surface area contributed by atoms with Crippen molar-refractivity contribution in [1.82, 2.24) is 4.90 Å². The monoisotopic (exact) mass is 236 g/mol. The van der Waals surface area contributed by atoms with Crippen molar-refractivity contribution in [2.45, 2.75) is 20.0 Å². The quantitative estimate of drug-likeness (QED) is 0.809. The lowest BCUT2D eigenvalue weighted by atomic mass is 10.1. The van der Waals surface area contributed by atoms with Crippen molar-refractivity contribution < 1.29 is 9.53 Å². The lowest BCUT2D eigenvalue weighted by Crippen LogP contribution is -2.34. The van der Waals surface area contributed by atoms with E-state index in [4.69, 9.17) is 10.5 Å². The third-order valence-corrected chi connectivity index (χ3v) is 2.80. The minimum absolute atomic E-state index is 0.00851. The molecule has 17 heavy (non-hydrogen) atoms. The zero-order valence-corrected chi connectivity index (χ0v) is 10.9. The number of methoxy groups -OCH3 is 1. The number of carbonyl (C=O) groups is 1. The van der Waals surface area contributed by atoms with E-state index in [2.05, 4.69) is 0 Å². The predicted octanol–water partition coefficient (Wildman–Crippen LogP) is 1.68. The molecule has 1 atom stereocenters. The highest BCUT2D eigenvalue weighted by Crippen LogP contribution is 2.18. The van der Waals surface area contributed by atoms with Crippen molar-refractivity contribution in [3.63, 3.8) is 0 Å². The molecule has 0 aliphatic rings. The number of amides is 1. The summed E-state index contributed by atoms with van der Waals surface area (Å²) >= 11 is 0. The summed E-state index contributed by atoms with van der Waals surface area (Å²) in [6, 6.07) is 5.48. The van der Waals surface area contributed by atoms with Crippen LogP contribution < -0.4 is 5.73 Å². The molecule has 1 rings (SSSR count). The first-order chi connectivity index (χ1) is 7.97. The van der Waals surface area contributed by atoms with Crippen molar-refractivity contribution in [2.75, 3.05) is 26.4 Å². The molecule has 1 unspecified atom stereocenters. The number of ether oxygens (including phenoxy) is 1. The minimum atomic E-state index is -0.0653. The van der Waals surface area contributed by atoms with Gasteiger partial charge in [-0.15, -0.1) is 0 Å². The molecule has 4 nitrogen and oxygen atoms in total. The van der Waals surface area contributed by atoms with E-state index in [0.717, 1.165) is 5.56 Å². The first-order valence-corrected chi connectivity index (χ1v) is 5.60. The van der Waals surface area contributed by atoms with E-state index in [1.807, 2.05) is 26.0 Å². The number of nitrogen functional groups attached to an aromatic ring is 1. The Kier molecular flexibility index (Phi) is 4.52. The van der Waals surface area contributed by atoms with Crippen LogP contribution >= 0.6 is 0 Å². The fourth-order valence-electron chi connectivity index (χ4n) is 1.72. The fraction of sp³-hybridized carbons (Fsp3) is 0.462. The molecule has 1 amide bonds. The van der Waals surface area contributed by atoms with Gasteiger partial charge in [-0.3, -0.25) is 4.79 Å². The predicted molar refractivity (Wildman–Crippen MR) is 69.0 cm³/mol. The highest BCUT2D eigenvalue weighted by atomic mass is 16.5. The maximum absolute atomic E-state index is 12.2. The minimum Gasteiger partial charge on any atom is -0.398 e. The summed E-state index contributed by atoms with van der Waals surface area (Å²) in [5.41, 5.74) is 7.84. The molecule has 0 radical (unpaired) electrons. The number of rotatable bonds is 4. The molecule has 0 spiro atoms. The Labute approximate surface area is 102 Å². The summed E-state index contributed by atoms with van der Waals surface area (Å²) in [6.07, 6.45) is 0.00851. The standard InChI is InChI=1S/C13H20N2O2/c1-9-6-5-7-11(14)12(9)13(16)15(3)8-10(2)17-4/h5-7,10H,8,14H2,1-4H3. The van der Waals surface area contributed by atoms with Crippen LogP contribution in [0.4, 0.5) is 5.69 Å². The molecule has 1 aromatic rings. The first-order valence-electron chi connectivity index (χ1n) is 5.60. The van der Waals surface area contributed by atoms with E-state index >= 15 is 0 Å². The van der Waals surface area contributed by atoms with Crippen LogP contribution in [0.25, 0.3) is 0 Å². The highest BCUT2D eigenvalue weighted by molar-refractivity contribution is 6.00. The van der Waals surface area contributed by atoms with Crippen LogP contribution in [-0.4, -0.2) is 37.6 Å². The van der Waals surface area contributed by atoms with Gasteiger partial charge in [-0.1, -0.05) is 12.1 Å². The van der Waals surface area contributed by atoms with Crippen LogP contribution in [0.2, 0.25) is 0 Å². The Morgan fingerprint density at radius 1 is 1.53 bits per heavy atom. The summed E-state index contributed by atoms with van der Waals surface area (Å²) in [5.74, 6) is -0.0653. The Bertz CT molecular complexity index is 384. The largest absolute Gasteiger partial charge is 0.398 e. The van der Waals surface area contributed by atoms with E-state index in [1.54, 1.807) is 25.1 Å². The van der Waals surface area contributed by atoms with Gasteiger partial charge in [0.25, 0.3) is 5.91 Å². The van der Waals surface area contributed by atoms with Crippen LogP contribution in [0.1, 0.15) is 22.8 Å². The lowest BCUT2D eigenvalue weighted by Gasteiger charge is -2.22. The van der Waals surface area contributed by atoms with Crippen LogP contribution in [0, 0.1) is 6.92 Å². The van der Waals surface area contributed by atoms with E-state index in [1.165, 1.54) is 0 Å². The zero-order chi connectivity index (χ0) is 13.0. The molecule has 2 N–H and O–H groups in total. The molecule has 0 bridgehead atoms. The van der Waals surface area contributed by atoms with E-state index in [-0.39, 0.29) is 12.0 Å². The van der Waals surface area contributed by atoms with E-state index in [0.29, 0.717) is 17.8 Å². The molecule has 0 fully saturated rings. The highest BCUT2D eigenvalue weighted by Gasteiger charge is 2.18. The molecular formula is C13H20N2O2. The second-order valence-electron chi connectivity index (χ2n) is 4.27. The van der Waals surface area contributed by atoms with Gasteiger partial charge in [-0.25, -0.2) is 0 Å². The summed E-state index contributed by atoms with van der Waals surface area (Å²) in [5, 5.41) is 0. The maximum Gasteiger partial charge on any atom is 0.256 e. The lowest BCUT2D eigenvalue weighted by molar-refractivity contribution is 0.0600. The van der Waals surface area contributed by atoms with Gasteiger partial charge in [0.15, 0.2) is 0 Å². The number of nitrogens with two attached hydrogens (primary N) is 1. The smallest absolute Gasteiger partial charge is 0.256 e. The normalized spacial score (nSPS) is 12.2. The number of nitrogens with zero attached hydrogens (tertiary/aromatic N) is 1. The Morgan fingerprint density at radius 2 is 2.18 bits per heavy atom. The third kappa shape index (κ3) is 3.20. The molecule has 0 aliphatic heterocycles. The number of benzene rings is 1. The van der Waals surface area contributed by atoms with Crippen molar-refractivity contribution in [1.29, 1.82) is 0 Å². The van der Waals surface area contributed by atoms with Gasteiger partial charge in [0.05, 0.1) is 11.7 Å². The Hall–Kier alpha value is -1.55. The molecule has 0 saturated heterocycles. The number of anilines is 1. The molecular weight excluding hydrogens is 216 g/mol. The average molecular weight is 236 g/mol.